The first-order valence-electron chi connectivity index (χ1n) is 7.22. The largest absolute Gasteiger partial charge is 0.379 e. The molecule has 3 rings (SSSR count). The van der Waals surface area contributed by atoms with Gasteiger partial charge in [-0.2, -0.15) is 0 Å². The molecule has 2 heterocycles. The molecular weight excluding hydrogens is 297 g/mol. The smallest absolute Gasteiger partial charge is 0.272 e. The van der Waals surface area contributed by atoms with Crippen LogP contribution < -0.4 is 5.32 Å². The number of amides is 1. The summed E-state index contributed by atoms with van der Waals surface area (Å²) < 4.78 is 13.3. The van der Waals surface area contributed by atoms with Crippen LogP contribution in [0.5, 0.6) is 0 Å². The number of nitrogens with zero attached hydrogens (tertiary/aromatic N) is 2. The van der Waals surface area contributed by atoms with Crippen molar-refractivity contribution in [3.8, 4) is 0 Å². The van der Waals surface area contributed by atoms with Crippen molar-refractivity contribution in [2.75, 3.05) is 5.32 Å². The van der Waals surface area contributed by atoms with Gasteiger partial charge in [0.1, 0.15) is 11.6 Å². The van der Waals surface area contributed by atoms with Crippen LogP contribution in [-0.2, 0) is 9.63 Å². The summed E-state index contributed by atoms with van der Waals surface area (Å²) in [6.07, 6.45) is 0.258. The minimum atomic E-state index is -1.15. The highest BCUT2D eigenvalue weighted by Crippen LogP contribution is 2.28. The molecule has 1 atom stereocenters. The molecule has 5 nitrogen and oxygen atoms in total. The lowest BCUT2D eigenvalue weighted by molar-refractivity contribution is -0.135. The maximum Gasteiger partial charge on any atom is 0.272 e. The van der Waals surface area contributed by atoms with Crippen molar-refractivity contribution in [1.29, 1.82) is 0 Å². The van der Waals surface area contributed by atoms with Gasteiger partial charge >= 0.3 is 0 Å². The second-order valence-electron chi connectivity index (χ2n) is 5.67. The molecule has 0 spiro atoms. The second-order valence-corrected chi connectivity index (χ2v) is 5.67. The fraction of sp³-hybridized carbons (Fsp3) is 0.235. The Bertz CT molecular complexity index is 791. The standard InChI is InChI=1S/C17H16FN3O2/c1-11-5-3-8-15(19-11)20-16(22)17(2)10-14(21-23-17)12-6-4-7-13(18)9-12/h3-9H,10H2,1-2H3,(H,19,20,22)/t17-/m1/s1. The van der Waals surface area contributed by atoms with E-state index in [-0.39, 0.29) is 18.1 Å². The SMILES string of the molecule is Cc1cccc(NC(=O)[C@@]2(C)CC(c3cccc(F)c3)=NO2)n1. The lowest BCUT2D eigenvalue weighted by Gasteiger charge is -2.20. The van der Waals surface area contributed by atoms with E-state index < -0.39 is 5.60 Å². The number of carbonyl (C=O) groups is 1. The normalized spacial score (nSPS) is 19.9. The van der Waals surface area contributed by atoms with E-state index >= 15 is 0 Å². The lowest BCUT2D eigenvalue weighted by Crippen LogP contribution is -2.40. The van der Waals surface area contributed by atoms with Gasteiger partial charge < -0.3 is 10.2 Å². The van der Waals surface area contributed by atoms with Crippen molar-refractivity contribution in [3.05, 3.63) is 59.5 Å². The molecule has 1 aromatic carbocycles. The molecule has 0 radical (unpaired) electrons. The van der Waals surface area contributed by atoms with Gasteiger partial charge in [0, 0.05) is 17.7 Å². The lowest BCUT2D eigenvalue weighted by atomic mass is 9.95. The van der Waals surface area contributed by atoms with Gasteiger partial charge in [-0.05, 0) is 38.1 Å². The highest BCUT2D eigenvalue weighted by molar-refractivity contribution is 6.07. The predicted molar refractivity (Wildman–Crippen MR) is 84.6 cm³/mol. The van der Waals surface area contributed by atoms with E-state index in [4.69, 9.17) is 4.84 Å². The van der Waals surface area contributed by atoms with Gasteiger partial charge in [0.25, 0.3) is 5.91 Å². The molecule has 0 fully saturated rings. The molecule has 0 unspecified atom stereocenters. The zero-order chi connectivity index (χ0) is 16.4. The van der Waals surface area contributed by atoms with Gasteiger partial charge in [0.2, 0.25) is 5.60 Å². The Morgan fingerprint density at radius 2 is 2.09 bits per heavy atom. The average molecular weight is 313 g/mol. The number of nitrogens with one attached hydrogen (secondary N) is 1. The molecule has 1 amide bonds. The Labute approximate surface area is 133 Å². The van der Waals surface area contributed by atoms with Crippen LogP contribution in [-0.4, -0.2) is 22.2 Å². The number of rotatable bonds is 3. The third-order valence-corrected chi connectivity index (χ3v) is 3.63. The van der Waals surface area contributed by atoms with E-state index in [1.165, 1.54) is 12.1 Å². The number of benzene rings is 1. The Balaban J connectivity index is 1.73. The van der Waals surface area contributed by atoms with E-state index in [0.29, 0.717) is 17.1 Å². The van der Waals surface area contributed by atoms with Crippen molar-refractivity contribution in [1.82, 2.24) is 4.98 Å². The highest BCUT2D eigenvalue weighted by Gasteiger charge is 2.42. The number of halogens is 1. The third-order valence-electron chi connectivity index (χ3n) is 3.63. The van der Waals surface area contributed by atoms with Gasteiger partial charge in [-0.3, -0.25) is 4.79 Å². The maximum absolute atomic E-state index is 13.3. The second kappa shape index (κ2) is 5.79. The van der Waals surface area contributed by atoms with E-state index in [0.717, 1.165) is 5.69 Å². The number of anilines is 1. The number of aryl methyl sites for hydroxylation is 1. The molecule has 2 aromatic rings. The molecule has 1 N–H and O–H groups in total. The van der Waals surface area contributed by atoms with Gasteiger partial charge in [-0.25, -0.2) is 9.37 Å². The van der Waals surface area contributed by atoms with Crippen molar-refractivity contribution < 1.29 is 14.0 Å². The summed E-state index contributed by atoms with van der Waals surface area (Å²) in [5, 5.41) is 6.68. The molecule has 1 aliphatic rings. The molecule has 1 aliphatic heterocycles. The van der Waals surface area contributed by atoms with Crippen LogP contribution in [0.1, 0.15) is 24.6 Å². The van der Waals surface area contributed by atoms with Crippen LogP contribution in [0.15, 0.2) is 47.6 Å². The monoisotopic (exact) mass is 313 g/mol. The number of hydrogen-bond acceptors (Lipinski definition) is 4. The minimum absolute atomic E-state index is 0.258. The maximum atomic E-state index is 13.3. The summed E-state index contributed by atoms with van der Waals surface area (Å²) in [5.74, 6) is -0.239. The number of hydrogen-bond donors (Lipinski definition) is 1. The van der Waals surface area contributed by atoms with Crippen LogP contribution in [0.4, 0.5) is 10.2 Å². The average Bonchev–Trinajstić information content (AvgIpc) is 2.91. The Morgan fingerprint density at radius 3 is 2.83 bits per heavy atom. The van der Waals surface area contributed by atoms with Crippen molar-refractivity contribution in [2.45, 2.75) is 25.9 Å². The van der Waals surface area contributed by atoms with E-state index in [1.807, 2.05) is 19.1 Å². The first kappa shape index (κ1) is 15.1. The van der Waals surface area contributed by atoms with Crippen LogP contribution in [0.25, 0.3) is 0 Å². The van der Waals surface area contributed by atoms with Crippen molar-refractivity contribution in [3.63, 3.8) is 0 Å². The van der Waals surface area contributed by atoms with Gasteiger partial charge in [0.15, 0.2) is 0 Å². The summed E-state index contributed by atoms with van der Waals surface area (Å²) in [6, 6.07) is 11.4. The topological polar surface area (TPSA) is 63.6 Å². The summed E-state index contributed by atoms with van der Waals surface area (Å²) >= 11 is 0. The number of oxime groups is 1. The van der Waals surface area contributed by atoms with Crippen LogP contribution in [0.2, 0.25) is 0 Å². The minimum Gasteiger partial charge on any atom is -0.379 e. The number of aromatic nitrogens is 1. The fourth-order valence-corrected chi connectivity index (χ4v) is 2.35. The van der Waals surface area contributed by atoms with Crippen molar-refractivity contribution in [2.24, 2.45) is 5.16 Å². The zero-order valence-electron chi connectivity index (χ0n) is 12.8. The molecule has 0 saturated heterocycles. The van der Waals surface area contributed by atoms with Crippen LogP contribution in [0.3, 0.4) is 0 Å². The number of pyridine rings is 1. The fourth-order valence-electron chi connectivity index (χ4n) is 2.35. The van der Waals surface area contributed by atoms with E-state index in [1.54, 1.807) is 25.1 Å². The molecule has 0 bridgehead atoms. The summed E-state index contributed by atoms with van der Waals surface area (Å²) in [7, 11) is 0. The molecular formula is C17H16FN3O2. The molecule has 6 heteroatoms. The molecule has 118 valence electrons. The zero-order valence-corrected chi connectivity index (χ0v) is 12.8. The Morgan fingerprint density at radius 1 is 1.30 bits per heavy atom. The van der Waals surface area contributed by atoms with Crippen LogP contribution in [0, 0.1) is 12.7 Å². The molecule has 23 heavy (non-hydrogen) atoms. The molecule has 0 saturated carbocycles. The summed E-state index contributed by atoms with van der Waals surface area (Å²) in [4.78, 5) is 22.0. The number of carbonyl (C=O) groups excluding carboxylic acids is 1. The summed E-state index contributed by atoms with van der Waals surface area (Å²) in [6.45, 7) is 3.49. The molecule has 1 aromatic heterocycles. The Hall–Kier alpha value is -2.76. The van der Waals surface area contributed by atoms with Crippen molar-refractivity contribution >= 4 is 17.4 Å². The molecule has 0 aliphatic carbocycles. The third kappa shape index (κ3) is 3.21. The van der Waals surface area contributed by atoms with Gasteiger partial charge in [0.05, 0.1) is 5.71 Å². The Kier molecular flexibility index (Phi) is 3.82. The van der Waals surface area contributed by atoms with Gasteiger partial charge in [-0.1, -0.05) is 23.4 Å². The first-order valence-corrected chi connectivity index (χ1v) is 7.22. The van der Waals surface area contributed by atoms with E-state index in [2.05, 4.69) is 15.5 Å². The summed E-state index contributed by atoms with van der Waals surface area (Å²) in [5.41, 5.74) is 0.805. The quantitative estimate of drug-likeness (QED) is 0.947. The van der Waals surface area contributed by atoms with E-state index in [9.17, 15) is 9.18 Å². The predicted octanol–water partition coefficient (Wildman–Crippen LogP) is 3.05. The van der Waals surface area contributed by atoms with Gasteiger partial charge in [-0.15, -0.1) is 0 Å². The van der Waals surface area contributed by atoms with Crippen LogP contribution >= 0.6 is 0 Å². The first-order chi connectivity index (χ1) is 11.0. The highest BCUT2D eigenvalue weighted by atomic mass is 19.1.